The van der Waals surface area contributed by atoms with E-state index in [0.717, 1.165) is 0 Å². The topological polar surface area (TPSA) is 12.0 Å². The predicted octanol–water partition coefficient (Wildman–Crippen LogP) is 8.38. The maximum Gasteiger partial charge on any atom is 0.0454 e. The number of rotatable bonds is 2. The van der Waals surface area contributed by atoms with Crippen molar-refractivity contribution in [3.8, 4) is 0 Å². The molecule has 4 aromatic rings. The maximum absolute atomic E-state index is 3.94. The molecule has 6 rings (SSSR count). The van der Waals surface area contributed by atoms with Crippen LogP contribution in [0.1, 0.15) is 62.3 Å². The van der Waals surface area contributed by atoms with Crippen LogP contribution in [0.3, 0.4) is 0 Å². The van der Waals surface area contributed by atoms with E-state index in [1.807, 2.05) is 11.3 Å². The molecule has 31 heavy (non-hydrogen) atoms. The molecule has 2 aliphatic rings. The van der Waals surface area contributed by atoms with Gasteiger partial charge in [0.15, 0.2) is 0 Å². The molecule has 0 spiro atoms. The summed E-state index contributed by atoms with van der Waals surface area (Å²) in [5.74, 6) is 1.08. The molecule has 0 amide bonds. The van der Waals surface area contributed by atoms with Crippen molar-refractivity contribution in [1.29, 1.82) is 0 Å². The predicted molar refractivity (Wildman–Crippen MR) is 136 cm³/mol. The second kappa shape index (κ2) is 6.97. The fourth-order valence-corrected chi connectivity index (χ4v) is 6.89. The lowest BCUT2D eigenvalue weighted by Gasteiger charge is -2.32. The van der Waals surface area contributed by atoms with E-state index in [1.54, 1.807) is 0 Å². The molecule has 1 N–H and O–H groups in total. The first-order chi connectivity index (χ1) is 15.0. The summed E-state index contributed by atoms with van der Waals surface area (Å²) in [6.45, 7) is 9.41. The maximum atomic E-state index is 3.94. The molecule has 0 fully saturated rings. The average Bonchev–Trinajstić information content (AvgIpc) is 3.28. The summed E-state index contributed by atoms with van der Waals surface area (Å²) in [5.41, 5.74) is 10.1. The van der Waals surface area contributed by atoms with Crippen molar-refractivity contribution in [2.75, 3.05) is 5.32 Å². The van der Waals surface area contributed by atoms with E-state index in [4.69, 9.17) is 0 Å². The van der Waals surface area contributed by atoms with Gasteiger partial charge in [-0.3, -0.25) is 0 Å². The normalized spacial score (nSPS) is 20.4. The van der Waals surface area contributed by atoms with E-state index in [2.05, 4.69) is 87.6 Å². The molecule has 1 aliphatic carbocycles. The van der Waals surface area contributed by atoms with E-state index in [1.165, 1.54) is 72.1 Å². The van der Waals surface area contributed by atoms with Crippen molar-refractivity contribution in [2.24, 2.45) is 5.92 Å². The minimum absolute atomic E-state index is 0.437. The molecular weight excluding hydrogens is 394 g/mol. The minimum atomic E-state index is 0.437. The first kappa shape index (κ1) is 19.1. The lowest BCUT2D eigenvalue weighted by molar-refractivity contribution is 0.483. The first-order valence-electron chi connectivity index (χ1n) is 11.6. The Morgan fingerprint density at radius 3 is 2.61 bits per heavy atom. The van der Waals surface area contributed by atoms with Crippen molar-refractivity contribution in [3.63, 3.8) is 0 Å². The quantitative estimate of drug-likeness (QED) is 0.341. The molecule has 0 bridgehead atoms. The average molecular weight is 424 g/mol. The smallest absolute Gasteiger partial charge is 0.0454 e. The van der Waals surface area contributed by atoms with Gasteiger partial charge in [-0.15, -0.1) is 11.3 Å². The highest BCUT2D eigenvalue weighted by Gasteiger charge is 2.32. The fraction of sp³-hybridized carbons (Fsp3) is 0.310. The fourth-order valence-electron chi connectivity index (χ4n) is 5.77. The third-order valence-electron chi connectivity index (χ3n) is 7.61. The number of aryl methyl sites for hydroxylation is 1. The van der Waals surface area contributed by atoms with E-state index < -0.39 is 0 Å². The second-order valence-electron chi connectivity index (χ2n) is 9.65. The van der Waals surface area contributed by atoms with Crippen LogP contribution < -0.4 is 5.32 Å². The van der Waals surface area contributed by atoms with Crippen molar-refractivity contribution < 1.29 is 0 Å². The summed E-state index contributed by atoms with van der Waals surface area (Å²) in [4.78, 5) is 0. The Bertz CT molecular complexity index is 1370. The van der Waals surface area contributed by atoms with E-state index in [-0.39, 0.29) is 0 Å². The Kier molecular flexibility index (Phi) is 4.30. The molecule has 2 heterocycles. The van der Waals surface area contributed by atoms with E-state index >= 15 is 0 Å². The Labute approximate surface area is 188 Å². The monoisotopic (exact) mass is 423 g/mol. The molecule has 0 saturated heterocycles. The third-order valence-corrected chi connectivity index (χ3v) is 8.75. The molecular formula is C29H29NS. The Hall–Kier alpha value is -2.58. The van der Waals surface area contributed by atoms with Crippen LogP contribution in [0.25, 0.3) is 25.7 Å². The van der Waals surface area contributed by atoms with Crippen molar-refractivity contribution in [2.45, 2.75) is 52.5 Å². The van der Waals surface area contributed by atoms with Gasteiger partial charge >= 0.3 is 0 Å². The summed E-state index contributed by atoms with van der Waals surface area (Å²) in [5, 5.41) is 6.82. The zero-order chi connectivity index (χ0) is 21.3. The summed E-state index contributed by atoms with van der Waals surface area (Å²) in [6, 6.07) is 21.1. The second-order valence-corrected chi connectivity index (χ2v) is 10.7. The van der Waals surface area contributed by atoms with Crippen LogP contribution in [0, 0.1) is 5.92 Å². The molecule has 3 aromatic carbocycles. The van der Waals surface area contributed by atoms with Gasteiger partial charge in [0.25, 0.3) is 0 Å². The van der Waals surface area contributed by atoms with Gasteiger partial charge in [0.2, 0.25) is 0 Å². The highest BCUT2D eigenvalue weighted by molar-refractivity contribution is 7.25. The highest BCUT2D eigenvalue weighted by Crippen LogP contribution is 2.52. The van der Waals surface area contributed by atoms with Gasteiger partial charge in [-0.1, -0.05) is 68.8 Å². The Morgan fingerprint density at radius 2 is 1.77 bits per heavy atom. The molecule has 0 radical (unpaired) electrons. The number of hydrogen-bond donors (Lipinski definition) is 1. The molecule has 156 valence electrons. The molecule has 2 heteroatoms. The summed E-state index contributed by atoms with van der Waals surface area (Å²) >= 11 is 1.92. The zero-order valence-corrected chi connectivity index (χ0v) is 19.6. The SMILES string of the molecule is CC1=C(c2cccc3c2NC(C(C)C)CC3)c2ccc3sc4ccccc4c3c2C1C. The number of hydrogen-bond acceptors (Lipinski definition) is 2. The number of fused-ring (bicyclic) bond motifs is 6. The molecule has 2 unspecified atom stereocenters. The van der Waals surface area contributed by atoms with E-state index in [9.17, 15) is 0 Å². The number of anilines is 1. The Morgan fingerprint density at radius 1 is 0.935 bits per heavy atom. The molecule has 0 saturated carbocycles. The first-order valence-corrected chi connectivity index (χ1v) is 12.4. The summed E-state index contributed by atoms with van der Waals surface area (Å²) < 4.78 is 2.80. The van der Waals surface area contributed by atoms with Gasteiger partial charge in [0.05, 0.1) is 0 Å². The van der Waals surface area contributed by atoms with Crippen LogP contribution in [-0.2, 0) is 6.42 Å². The third kappa shape index (κ3) is 2.74. The van der Waals surface area contributed by atoms with Crippen molar-refractivity contribution in [3.05, 3.63) is 82.4 Å². The van der Waals surface area contributed by atoms with Crippen LogP contribution >= 0.6 is 11.3 Å². The van der Waals surface area contributed by atoms with Gasteiger partial charge < -0.3 is 5.32 Å². The van der Waals surface area contributed by atoms with Gasteiger partial charge in [0, 0.05) is 43.4 Å². The van der Waals surface area contributed by atoms with Crippen LogP contribution in [0.4, 0.5) is 5.69 Å². The Balaban J connectivity index is 1.59. The van der Waals surface area contributed by atoms with Crippen molar-refractivity contribution >= 4 is 42.8 Å². The van der Waals surface area contributed by atoms with Crippen LogP contribution in [0.5, 0.6) is 0 Å². The van der Waals surface area contributed by atoms with Crippen LogP contribution in [0.15, 0.2) is 60.2 Å². The lowest BCUT2D eigenvalue weighted by atomic mass is 9.87. The van der Waals surface area contributed by atoms with Gasteiger partial charge in [0.1, 0.15) is 0 Å². The number of nitrogens with one attached hydrogen (secondary N) is 1. The highest BCUT2D eigenvalue weighted by atomic mass is 32.1. The lowest BCUT2D eigenvalue weighted by Crippen LogP contribution is -2.30. The minimum Gasteiger partial charge on any atom is -0.381 e. The van der Waals surface area contributed by atoms with Gasteiger partial charge in [-0.2, -0.15) is 0 Å². The number of thiophene rings is 1. The zero-order valence-electron chi connectivity index (χ0n) is 18.8. The summed E-state index contributed by atoms with van der Waals surface area (Å²) in [7, 11) is 0. The number of allylic oxidation sites excluding steroid dienone is 1. The van der Waals surface area contributed by atoms with Crippen LogP contribution in [0.2, 0.25) is 0 Å². The standard InChI is InChI=1S/C29H29NS/c1-16(2)23-14-12-19-8-7-10-22(29(19)30-23)26-17(3)18(4)27-21(26)13-15-25-28(27)20-9-5-6-11-24(20)31-25/h5-11,13,15-16,18,23,30H,12,14H2,1-4H3. The summed E-state index contributed by atoms with van der Waals surface area (Å²) in [6.07, 6.45) is 2.39. The molecule has 1 aliphatic heterocycles. The molecule has 1 aromatic heterocycles. The largest absolute Gasteiger partial charge is 0.381 e. The van der Waals surface area contributed by atoms with Gasteiger partial charge in [-0.05, 0) is 60.1 Å². The molecule has 1 nitrogen and oxygen atoms in total. The molecule has 2 atom stereocenters. The van der Waals surface area contributed by atoms with E-state index in [0.29, 0.717) is 17.9 Å². The van der Waals surface area contributed by atoms with Gasteiger partial charge in [-0.25, -0.2) is 0 Å². The van der Waals surface area contributed by atoms with Crippen LogP contribution in [-0.4, -0.2) is 6.04 Å². The number of benzene rings is 3. The van der Waals surface area contributed by atoms with Crippen molar-refractivity contribution in [1.82, 2.24) is 0 Å². The number of para-hydroxylation sites is 1.